The van der Waals surface area contributed by atoms with Crippen molar-refractivity contribution < 1.29 is 14.1 Å². The fourth-order valence-electron chi connectivity index (χ4n) is 1.84. The molecular weight excluding hydrogens is 208 g/mol. The van der Waals surface area contributed by atoms with Gasteiger partial charge in [0.15, 0.2) is 5.69 Å². The monoisotopic (exact) mass is 224 g/mol. The number of hydrogen-bond acceptors (Lipinski definition) is 4. The van der Waals surface area contributed by atoms with E-state index in [4.69, 9.17) is 9.26 Å². The van der Waals surface area contributed by atoms with E-state index in [0.717, 1.165) is 19.4 Å². The fourth-order valence-corrected chi connectivity index (χ4v) is 1.84. The molecule has 5 heteroatoms. The average Bonchev–Trinajstić information content (AvgIpc) is 2.87. The van der Waals surface area contributed by atoms with Crippen LogP contribution in [0.2, 0.25) is 0 Å². The van der Waals surface area contributed by atoms with Crippen molar-refractivity contribution in [3.05, 3.63) is 17.5 Å². The van der Waals surface area contributed by atoms with E-state index in [9.17, 15) is 4.79 Å². The third-order valence-corrected chi connectivity index (χ3v) is 2.74. The first kappa shape index (κ1) is 11.1. The van der Waals surface area contributed by atoms with Crippen LogP contribution >= 0.6 is 0 Å². The summed E-state index contributed by atoms with van der Waals surface area (Å²) in [5, 5.41) is 6.53. The minimum absolute atomic E-state index is 0.00649. The number of aryl methyl sites for hydroxylation is 1. The van der Waals surface area contributed by atoms with Crippen molar-refractivity contribution in [3.63, 3.8) is 0 Å². The van der Waals surface area contributed by atoms with Gasteiger partial charge in [-0.25, -0.2) is 0 Å². The zero-order valence-corrected chi connectivity index (χ0v) is 9.53. The van der Waals surface area contributed by atoms with Crippen LogP contribution in [-0.2, 0) is 4.74 Å². The quantitative estimate of drug-likeness (QED) is 0.840. The maximum atomic E-state index is 11.7. The zero-order chi connectivity index (χ0) is 11.5. The average molecular weight is 224 g/mol. The molecule has 1 fully saturated rings. The number of carbonyl (C=O) groups excluding carboxylic acids is 1. The van der Waals surface area contributed by atoms with Crippen LogP contribution in [0.3, 0.4) is 0 Å². The smallest absolute Gasteiger partial charge is 0.273 e. The van der Waals surface area contributed by atoms with Crippen molar-refractivity contribution in [3.8, 4) is 0 Å². The van der Waals surface area contributed by atoms with Crippen LogP contribution in [0.25, 0.3) is 0 Å². The number of carbonyl (C=O) groups is 1. The second kappa shape index (κ2) is 4.65. The van der Waals surface area contributed by atoms with Crippen molar-refractivity contribution in [1.82, 2.24) is 10.5 Å². The van der Waals surface area contributed by atoms with E-state index in [1.165, 1.54) is 0 Å². The third-order valence-electron chi connectivity index (χ3n) is 2.74. The first-order valence-electron chi connectivity index (χ1n) is 5.52. The summed E-state index contributed by atoms with van der Waals surface area (Å²) in [5.41, 5.74) is 0.322. The van der Waals surface area contributed by atoms with Gasteiger partial charge in [0.25, 0.3) is 5.91 Å². The summed E-state index contributed by atoms with van der Waals surface area (Å²) in [6.45, 7) is 4.49. The summed E-state index contributed by atoms with van der Waals surface area (Å²) in [7, 11) is 0. The minimum atomic E-state index is -0.208. The van der Waals surface area contributed by atoms with Gasteiger partial charge in [-0.1, -0.05) is 5.16 Å². The van der Waals surface area contributed by atoms with Crippen LogP contribution in [0.5, 0.6) is 0 Å². The van der Waals surface area contributed by atoms with Gasteiger partial charge in [0.1, 0.15) is 5.76 Å². The van der Waals surface area contributed by atoms with Gasteiger partial charge in [0.05, 0.1) is 12.1 Å². The molecule has 1 aromatic heterocycles. The van der Waals surface area contributed by atoms with Gasteiger partial charge in [-0.15, -0.1) is 0 Å². The highest BCUT2D eigenvalue weighted by Gasteiger charge is 2.24. The highest BCUT2D eigenvalue weighted by molar-refractivity contribution is 5.92. The first-order valence-corrected chi connectivity index (χ1v) is 5.52. The number of amides is 1. The second-order valence-corrected chi connectivity index (χ2v) is 4.14. The Kier molecular flexibility index (Phi) is 3.24. The van der Waals surface area contributed by atoms with Crippen molar-refractivity contribution in [2.24, 2.45) is 0 Å². The summed E-state index contributed by atoms with van der Waals surface area (Å²) in [6, 6.07) is 1.63. The Hall–Kier alpha value is -1.36. The van der Waals surface area contributed by atoms with Crippen LogP contribution in [0.15, 0.2) is 10.6 Å². The second-order valence-electron chi connectivity index (χ2n) is 4.14. The summed E-state index contributed by atoms with van der Waals surface area (Å²) < 4.78 is 10.3. The Morgan fingerprint density at radius 2 is 2.50 bits per heavy atom. The normalized spacial score (nSPS) is 22.0. The molecule has 0 unspecified atom stereocenters. The Morgan fingerprint density at radius 3 is 3.06 bits per heavy atom. The lowest BCUT2D eigenvalue weighted by atomic mass is 10.1. The van der Waals surface area contributed by atoms with Crippen LogP contribution < -0.4 is 5.32 Å². The molecule has 0 radical (unpaired) electrons. The molecule has 5 nitrogen and oxygen atoms in total. The molecule has 1 aromatic rings. The molecule has 2 atom stereocenters. The molecule has 1 N–H and O–H groups in total. The molecule has 1 aliphatic rings. The third kappa shape index (κ3) is 2.41. The lowest BCUT2D eigenvalue weighted by molar-refractivity contribution is 0.0707. The molecule has 16 heavy (non-hydrogen) atoms. The van der Waals surface area contributed by atoms with Gasteiger partial charge in [0.2, 0.25) is 0 Å². The van der Waals surface area contributed by atoms with Gasteiger partial charge in [-0.3, -0.25) is 4.79 Å². The van der Waals surface area contributed by atoms with E-state index in [-0.39, 0.29) is 18.1 Å². The van der Waals surface area contributed by atoms with Gasteiger partial charge >= 0.3 is 0 Å². The van der Waals surface area contributed by atoms with Crippen LogP contribution in [-0.4, -0.2) is 29.8 Å². The SMILES string of the molecule is Cc1cc(C(=O)N[C@@H](C)[C@H]2CCCO2)no1. The standard InChI is InChI=1S/C11H16N2O3/c1-7-6-9(13-16-7)11(14)12-8(2)10-4-3-5-15-10/h6,8,10H,3-5H2,1-2H3,(H,12,14)/t8-,10+/m0/s1. The number of aromatic nitrogens is 1. The van der Waals surface area contributed by atoms with E-state index < -0.39 is 0 Å². The molecule has 2 rings (SSSR count). The molecule has 0 aliphatic carbocycles. The van der Waals surface area contributed by atoms with E-state index >= 15 is 0 Å². The molecule has 1 amide bonds. The first-order chi connectivity index (χ1) is 7.66. The van der Waals surface area contributed by atoms with E-state index in [1.807, 2.05) is 6.92 Å². The molecule has 0 bridgehead atoms. The van der Waals surface area contributed by atoms with E-state index in [2.05, 4.69) is 10.5 Å². The molecule has 0 spiro atoms. The summed E-state index contributed by atoms with van der Waals surface area (Å²) in [6.07, 6.45) is 2.18. The number of rotatable bonds is 3. The van der Waals surface area contributed by atoms with Crippen molar-refractivity contribution in [2.75, 3.05) is 6.61 Å². The number of nitrogens with zero attached hydrogens (tertiary/aromatic N) is 1. The minimum Gasteiger partial charge on any atom is -0.376 e. The largest absolute Gasteiger partial charge is 0.376 e. The highest BCUT2D eigenvalue weighted by Crippen LogP contribution is 2.15. The van der Waals surface area contributed by atoms with Crippen molar-refractivity contribution in [1.29, 1.82) is 0 Å². The van der Waals surface area contributed by atoms with Gasteiger partial charge < -0.3 is 14.6 Å². The number of nitrogens with one attached hydrogen (secondary N) is 1. The predicted molar refractivity (Wildman–Crippen MR) is 57.1 cm³/mol. The number of hydrogen-bond donors (Lipinski definition) is 1. The van der Waals surface area contributed by atoms with Crippen molar-refractivity contribution >= 4 is 5.91 Å². The molecule has 1 saturated heterocycles. The molecule has 2 heterocycles. The Labute approximate surface area is 94.1 Å². The number of ether oxygens (including phenoxy) is 1. The lowest BCUT2D eigenvalue weighted by Gasteiger charge is -2.19. The van der Waals surface area contributed by atoms with Gasteiger partial charge in [-0.2, -0.15) is 0 Å². The highest BCUT2D eigenvalue weighted by atomic mass is 16.5. The van der Waals surface area contributed by atoms with E-state index in [0.29, 0.717) is 11.5 Å². The van der Waals surface area contributed by atoms with Crippen LogP contribution in [0, 0.1) is 6.92 Å². The van der Waals surface area contributed by atoms with E-state index in [1.54, 1.807) is 13.0 Å². The topological polar surface area (TPSA) is 64.4 Å². The maximum absolute atomic E-state index is 11.7. The van der Waals surface area contributed by atoms with Gasteiger partial charge in [-0.05, 0) is 26.7 Å². The van der Waals surface area contributed by atoms with Crippen molar-refractivity contribution in [2.45, 2.75) is 38.8 Å². The molecule has 88 valence electrons. The predicted octanol–water partition coefficient (Wildman–Crippen LogP) is 1.28. The Morgan fingerprint density at radius 1 is 1.69 bits per heavy atom. The Bertz CT molecular complexity index is 369. The summed E-state index contributed by atoms with van der Waals surface area (Å²) in [5.74, 6) is 0.426. The fraction of sp³-hybridized carbons (Fsp3) is 0.636. The molecule has 0 aromatic carbocycles. The summed E-state index contributed by atoms with van der Waals surface area (Å²) in [4.78, 5) is 11.7. The molecule has 0 saturated carbocycles. The molecule has 1 aliphatic heterocycles. The van der Waals surface area contributed by atoms with Crippen LogP contribution in [0.4, 0.5) is 0 Å². The van der Waals surface area contributed by atoms with Gasteiger partial charge in [0, 0.05) is 12.7 Å². The zero-order valence-electron chi connectivity index (χ0n) is 9.53. The lowest BCUT2D eigenvalue weighted by Crippen LogP contribution is -2.40. The van der Waals surface area contributed by atoms with Crippen LogP contribution in [0.1, 0.15) is 36.0 Å². The Balaban J connectivity index is 1.91. The summed E-state index contributed by atoms with van der Waals surface area (Å²) >= 11 is 0. The molecular formula is C11H16N2O3. The maximum Gasteiger partial charge on any atom is 0.273 e.